The number of nitrogens with zero attached hydrogens (tertiary/aromatic N) is 2. The summed E-state index contributed by atoms with van der Waals surface area (Å²) in [6, 6.07) is 82.9. The van der Waals surface area contributed by atoms with E-state index in [1.165, 1.54) is 60.5 Å². The molecule has 0 fully saturated rings. The van der Waals surface area contributed by atoms with Gasteiger partial charge >= 0.3 is 0 Å². The second-order valence-electron chi connectivity index (χ2n) is 15.7. The topological polar surface area (TPSA) is 21.3 Å². The Morgan fingerprint density at radius 2 is 0.820 bits per heavy atom. The first kappa shape index (κ1) is 34.9. The average Bonchev–Trinajstić information content (AvgIpc) is 3.87. The van der Waals surface area contributed by atoms with E-state index in [4.69, 9.17) is 4.42 Å². The predicted octanol–water partition coefficient (Wildman–Crippen LogP) is 16.3. The number of anilines is 3. The van der Waals surface area contributed by atoms with Gasteiger partial charge < -0.3 is 13.9 Å². The van der Waals surface area contributed by atoms with Crippen molar-refractivity contribution >= 4 is 71.6 Å². The lowest BCUT2D eigenvalue weighted by Gasteiger charge is -2.26. The first-order valence-electron chi connectivity index (χ1n) is 20.8. The summed E-state index contributed by atoms with van der Waals surface area (Å²) in [7, 11) is 0. The van der Waals surface area contributed by atoms with Gasteiger partial charge in [0, 0.05) is 50.1 Å². The molecule has 12 aromatic rings. The standard InChI is InChI=1S/C58H38N2O/c1-2-12-39(13-3-1)40-28-31-46(32-29-40)59(48-33-35-53-52-20-7-9-23-57(52)61-58(53)38-48)47-17-10-16-44(36-47)41-24-26-42(27-25-41)45-30-34-51-50-19-6-8-21-55(50)60(56(51)37-45)54-22-11-15-43-14-4-5-18-49(43)54/h1-38H. The third kappa shape index (κ3) is 5.98. The van der Waals surface area contributed by atoms with Crippen LogP contribution in [-0.2, 0) is 0 Å². The van der Waals surface area contributed by atoms with Crippen molar-refractivity contribution in [1.82, 2.24) is 4.57 Å². The molecule has 0 amide bonds. The van der Waals surface area contributed by atoms with Crippen LogP contribution in [0.15, 0.2) is 235 Å². The molecule has 286 valence electrons. The smallest absolute Gasteiger partial charge is 0.137 e. The molecule has 0 saturated carbocycles. The van der Waals surface area contributed by atoms with E-state index in [-0.39, 0.29) is 0 Å². The van der Waals surface area contributed by atoms with Gasteiger partial charge in [0.05, 0.1) is 16.7 Å². The molecule has 0 atom stereocenters. The Bertz CT molecular complexity index is 3570. The van der Waals surface area contributed by atoms with Crippen molar-refractivity contribution in [3.63, 3.8) is 0 Å². The summed E-state index contributed by atoms with van der Waals surface area (Å²) in [4.78, 5) is 2.32. The van der Waals surface area contributed by atoms with E-state index in [0.717, 1.165) is 50.1 Å². The highest BCUT2D eigenvalue weighted by molar-refractivity contribution is 6.11. The molecule has 0 N–H and O–H groups in total. The van der Waals surface area contributed by atoms with Crippen molar-refractivity contribution in [3.8, 4) is 39.1 Å². The largest absolute Gasteiger partial charge is 0.456 e. The molecular formula is C58H38N2O. The number of aromatic nitrogens is 1. The first-order chi connectivity index (χ1) is 30.2. The van der Waals surface area contributed by atoms with Gasteiger partial charge in [0.1, 0.15) is 11.2 Å². The quantitative estimate of drug-likeness (QED) is 0.161. The van der Waals surface area contributed by atoms with Crippen LogP contribution in [0.1, 0.15) is 0 Å². The SMILES string of the molecule is c1ccc(-c2ccc(N(c3cccc(-c4ccc(-c5ccc6c7ccccc7n(-c7cccc8ccccc78)c6c5)cc4)c3)c3ccc4c(c3)oc3ccccc34)cc2)cc1. The van der Waals surface area contributed by atoms with Gasteiger partial charge in [-0.05, 0) is 99.4 Å². The van der Waals surface area contributed by atoms with Crippen LogP contribution in [0, 0.1) is 0 Å². The number of benzene rings is 10. The average molecular weight is 779 g/mol. The normalized spacial score (nSPS) is 11.6. The molecular weight excluding hydrogens is 741 g/mol. The lowest BCUT2D eigenvalue weighted by atomic mass is 9.98. The summed E-state index contributed by atoms with van der Waals surface area (Å²) in [5, 5.41) is 7.22. The lowest BCUT2D eigenvalue weighted by Crippen LogP contribution is -2.10. The molecule has 12 rings (SSSR count). The van der Waals surface area contributed by atoms with Crippen molar-refractivity contribution < 1.29 is 4.42 Å². The van der Waals surface area contributed by atoms with E-state index in [1.54, 1.807) is 0 Å². The molecule has 61 heavy (non-hydrogen) atoms. The number of rotatable bonds is 7. The van der Waals surface area contributed by atoms with Crippen LogP contribution in [0.2, 0.25) is 0 Å². The van der Waals surface area contributed by atoms with Gasteiger partial charge in [-0.25, -0.2) is 0 Å². The number of hydrogen-bond donors (Lipinski definition) is 0. The Morgan fingerprint density at radius 3 is 1.66 bits per heavy atom. The first-order valence-corrected chi connectivity index (χ1v) is 20.8. The number of para-hydroxylation sites is 2. The molecule has 0 bridgehead atoms. The molecule has 2 heterocycles. The number of furan rings is 1. The molecule has 0 aliphatic carbocycles. The maximum Gasteiger partial charge on any atom is 0.137 e. The van der Waals surface area contributed by atoms with Gasteiger partial charge in [-0.15, -0.1) is 0 Å². The summed E-state index contributed by atoms with van der Waals surface area (Å²) >= 11 is 0. The van der Waals surface area contributed by atoms with Crippen LogP contribution >= 0.6 is 0 Å². The Morgan fingerprint density at radius 1 is 0.295 bits per heavy atom. The van der Waals surface area contributed by atoms with Crippen molar-refractivity contribution in [1.29, 1.82) is 0 Å². The molecule has 3 heteroatoms. The van der Waals surface area contributed by atoms with E-state index in [1.807, 2.05) is 12.1 Å². The highest BCUT2D eigenvalue weighted by atomic mass is 16.3. The fourth-order valence-corrected chi connectivity index (χ4v) is 9.23. The van der Waals surface area contributed by atoms with Crippen molar-refractivity contribution in [2.75, 3.05) is 4.90 Å². The lowest BCUT2D eigenvalue weighted by molar-refractivity contribution is 0.669. The van der Waals surface area contributed by atoms with E-state index in [2.05, 4.69) is 228 Å². The summed E-state index contributed by atoms with van der Waals surface area (Å²) in [5.74, 6) is 0. The van der Waals surface area contributed by atoms with Crippen molar-refractivity contribution in [3.05, 3.63) is 231 Å². The van der Waals surface area contributed by atoms with Crippen LogP contribution in [0.3, 0.4) is 0 Å². The fraction of sp³-hybridized carbons (Fsp3) is 0. The van der Waals surface area contributed by atoms with E-state index in [9.17, 15) is 0 Å². The van der Waals surface area contributed by atoms with Gasteiger partial charge in [0.2, 0.25) is 0 Å². The highest BCUT2D eigenvalue weighted by Crippen LogP contribution is 2.41. The van der Waals surface area contributed by atoms with E-state index in [0.29, 0.717) is 0 Å². The number of fused-ring (bicyclic) bond motifs is 7. The van der Waals surface area contributed by atoms with Crippen molar-refractivity contribution in [2.24, 2.45) is 0 Å². The summed E-state index contributed by atoms with van der Waals surface area (Å²) in [5.41, 5.74) is 15.6. The predicted molar refractivity (Wildman–Crippen MR) is 257 cm³/mol. The minimum atomic E-state index is 0.868. The molecule has 0 spiro atoms. The maximum absolute atomic E-state index is 6.39. The van der Waals surface area contributed by atoms with Crippen molar-refractivity contribution in [2.45, 2.75) is 0 Å². The minimum Gasteiger partial charge on any atom is -0.456 e. The van der Waals surface area contributed by atoms with Gasteiger partial charge in [-0.2, -0.15) is 0 Å². The molecule has 0 aliphatic heterocycles. The van der Waals surface area contributed by atoms with Crippen LogP contribution in [0.5, 0.6) is 0 Å². The summed E-state index contributed by atoms with van der Waals surface area (Å²) in [6.45, 7) is 0. The second kappa shape index (κ2) is 14.3. The van der Waals surface area contributed by atoms with E-state index >= 15 is 0 Å². The van der Waals surface area contributed by atoms with Crippen LogP contribution in [0.25, 0.3) is 93.6 Å². The summed E-state index contributed by atoms with van der Waals surface area (Å²) in [6.07, 6.45) is 0. The summed E-state index contributed by atoms with van der Waals surface area (Å²) < 4.78 is 8.82. The Hall–Kier alpha value is -8.14. The second-order valence-corrected chi connectivity index (χ2v) is 15.7. The van der Waals surface area contributed by atoms with Crippen LogP contribution < -0.4 is 4.90 Å². The van der Waals surface area contributed by atoms with Gasteiger partial charge in [0.25, 0.3) is 0 Å². The molecule has 3 nitrogen and oxygen atoms in total. The Kier molecular flexibility index (Phi) is 8.17. The van der Waals surface area contributed by atoms with Gasteiger partial charge in [0.15, 0.2) is 0 Å². The number of hydrogen-bond acceptors (Lipinski definition) is 2. The van der Waals surface area contributed by atoms with E-state index < -0.39 is 0 Å². The molecule has 10 aromatic carbocycles. The molecule has 2 aromatic heterocycles. The Balaban J connectivity index is 0.929. The van der Waals surface area contributed by atoms with Gasteiger partial charge in [-0.1, -0.05) is 164 Å². The maximum atomic E-state index is 6.39. The molecule has 0 saturated heterocycles. The zero-order valence-electron chi connectivity index (χ0n) is 33.2. The Labute approximate surface area is 353 Å². The van der Waals surface area contributed by atoms with Crippen LogP contribution in [-0.4, -0.2) is 4.57 Å². The highest BCUT2D eigenvalue weighted by Gasteiger charge is 2.18. The zero-order valence-corrected chi connectivity index (χ0v) is 33.2. The third-order valence-electron chi connectivity index (χ3n) is 12.2. The minimum absolute atomic E-state index is 0.868. The third-order valence-corrected chi connectivity index (χ3v) is 12.2. The fourth-order valence-electron chi connectivity index (χ4n) is 9.23. The van der Waals surface area contributed by atoms with Gasteiger partial charge in [-0.3, -0.25) is 0 Å². The zero-order chi connectivity index (χ0) is 40.3. The van der Waals surface area contributed by atoms with Crippen LogP contribution in [0.4, 0.5) is 17.1 Å². The molecule has 0 unspecified atom stereocenters. The monoisotopic (exact) mass is 778 g/mol. The molecule has 0 aliphatic rings. The molecule has 0 radical (unpaired) electrons.